The summed E-state index contributed by atoms with van der Waals surface area (Å²) in [5, 5.41) is 3.36. The molecule has 0 aromatic rings. The van der Waals surface area contributed by atoms with E-state index in [1.165, 1.54) is 25.7 Å². The second kappa shape index (κ2) is 5.61. The summed E-state index contributed by atoms with van der Waals surface area (Å²) in [6.45, 7) is 5.47. The second-order valence-corrected chi connectivity index (χ2v) is 4.00. The summed E-state index contributed by atoms with van der Waals surface area (Å²) in [6.07, 6.45) is 5.37. The molecule has 0 spiro atoms. The lowest BCUT2D eigenvalue weighted by Gasteiger charge is -2.33. The first kappa shape index (κ1) is 11.0. The SMILES string of the molecule is CCC(CC)C1CC(NC)CCO1. The van der Waals surface area contributed by atoms with Crippen molar-refractivity contribution >= 4 is 0 Å². The summed E-state index contributed by atoms with van der Waals surface area (Å²) in [5.74, 6) is 0.760. The summed E-state index contributed by atoms with van der Waals surface area (Å²) in [6, 6.07) is 0.680. The topological polar surface area (TPSA) is 21.3 Å². The van der Waals surface area contributed by atoms with Crippen LogP contribution in [0.5, 0.6) is 0 Å². The van der Waals surface area contributed by atoms with Gasteiger partial charge >= 0.3 is 0 Å². The highest BCUT2D eigenvalue weighted by atomic mass is 16.5. The number of hydrogen-bond donors (Lipinski definition) is 1. The van der Waals surface area contributed by atoms with Gasteiger partial charge in [-0.3, -0.25) is 0 Å². The van der Waals surface area contributed by atoms with Gasteiger partial charge < -0.3 is 10.1 Å². The van der Waals surface area contributed by atoms with Gasteiger partial charge in [-0.1, -0.05) is 26.7 Å². The quantitative estimate of drug-likeness (QED) is 0.725. The van der Waals surface area contributed by atoms with Crippen LogP contribution < -0.4 is 5.32 Å². The van der Waals surface area contributed by atoms with Crippen molar-refractivity contribution in [3.8, 4) is 0 Å². The zero-order valence-corrected chi connectivity index (χ0v) is 9.18. The van der Waals surface area contributed by atoms with E-state index in [0.717, 1.165) is 12.5 Å². The molecule has 0 aromatic heterocycles. The Morgan fingerprint density at radius 1 is 1.38 bits per heavy atom. The normalized spacial score (nSPS) is 29.5. The Morgan fingerprint density at radius 3 is 2.62 bits per heavy atom. The first-order valence-corrected chi connectivity index (χ1v) is 5.60. The summed E-state index contributed by atoms with van der Waals surface area (Å²) >= 11 is 0. The van der Waals surface area contributed by atoms with Crippen molar-refractivity contribution in [2.45, 2.75) is 51.7 Å². The van der Waals surface area contributed by atoms with Gasteiger partial charge in [0.15, 0.2) is 0 Å². The highest BCUT2D eigenvalue weighted by molar-refractivity contribution is 4.79. The third-order valence-corrected chi connectivity index (χ3v) is 3.30. The van der Waals surface area contributed by atoms with Crippen molar-refractivity contribution in [2.75, 3.05) is 13.7 Å². The monoisotopic (exact) mass is 185 g/mol. The van der Waals surface area contributed by atoms with Crippen molar-refractivity contribution < 1.29 is 4.74 Å². The molecule has 0 radical (unpaired) electrons. The van der Waals surface area contributed by atoms with E-state index in [2.05, 4.69) is 26.2 Å². The molecule has 0 amide bonds. The first-order valence-electron chi connectivity index (χ1n) is 5.60. The van der Waals surface area contributed by atoms with E-state index >= 15 is 0 Å². The van der Waals surface area contributed by atoms with Crippen LogP contribution in [0.15, 0.2) is 0 Å². The van der Waals surface area contributed by atoms with E-state index in [1.54, 1.807) is 0 Å². The summed E-state index contributed by atoms with van der Waals surface area (Å²) in [7, 11) is 2.06. The van der Waals surface area contributed by atoms with Crippen molar-refractivity contribution in [3.63, 3.8) is 0 Å². The highest BCUT2D eigenvalue weighted by Crippen LogP contribution is 2.24. The van der Waals surface area contributed by atoms with Crippen LogP contribution in [0.4, 0.5) is 0 Å². The molecule has 1 aliphatic rings. The molecule has 2 heteroatoms. The largest absolute Gasteiger partial charge is 0.378 e. The third kappa shape index (κ3) is 2.96. The standard InChI is InChI=1S/C11H23NO/c1-4-9(5-2)11-8-10(12-3)6-7-13-11/h9-12H,4-8H2,1-3H3. The van der Waals surface area contributed by atoms with Crippen molar-refractivity contribution in [1.29, 1.82) is 0 Å². The van der Waals surface area contributed by atoms with Gasteiger partial charge in [-0.05, 0) is 25.8 Å². The Hall–Kier alpha value is -0.0800. The van der Waals surface area contributed by atoms with Crippen molar-refractivity contribution in [1.82, 2.24) is 5.32 Å². The van der Waals surface area contributed by atoms with Crippen molar-refractivity contribution in [2.24, 2.45) is 5.92 Å². The lowest BCUT2D eigenvalue weighted by Crippen LogP contribution is -2.40. The Morgan fingerprint density at radius 2 is 2.08 bits per heavy atom. The molecule has 1 aliphatic heterocycles. The Kier molecular flexibility index (Phi) is 4.74. The summed E-state index contributed by atoms with van der Waals surface area (Å²) < 4.78 is 5.81. The predicted octanol–water partition coefficient (Wildman–Crippen LogP) is 2.19. The molecule has 0 bridgehead atoms. The van der Waals surface area contributed by atoms with E-state index < -0.39 is 0 Å². The average molecular weight is 185 g/mol. The van der Waals surface area contributed by atoms with Gasteiger partial charge in [0.2, 0.25) is 0 Å². The lowest BCUT2D eigenvalue weighted by molar-refractivity contribution is -0.0338. The van der Waals surface area contributed by atoms with Gasteiger partial charge in [-0.15, -0.1) is 0 Å². The maximum absolute atomic E-state index is 5.81. The van der Waals surface area contributed by atoms with Gasteiger partial charge in [0, 0.05) is 12.6 Å². The van der Waals surface area contributed by atoms with E-state index in [-0.39, 0.29) is 0 Å². The van der Waals surface area contributed by atoms with Crippen LogP contribution in [-0.2, 0) is 4.74 Å². The molecule has 2 atom stereocenters. The van der Waals surface area contributed by atoms with Crippen LogP contribution in [0.25, 0.3) is 0 Å². The van der Waals surface area contributed by atoms with Gasteiger partial charge in [0.25, 0.3) is 0 Å². The third-order valence-electron chi connectivity index (χ3n) is 3.30. The molecule has 2 nitrogen and oxygen atoms in total. The molecule has 1 N–H and O–H groups in total. The van der Waals surface area contributed by atoms with Gasteiger partial charge in [-0.25, -0.2) is 0 Å². The molecular weight excluding hydrogens is 162 g/mol. The second-order valence-electron chi connectivity index (χ2n) is 4.00. The summed E-state index contributed by atoms with van der Waals surface area (Å²) in [4.78, 5) is 0. The van der Waals surface area contributed by atoms with E-state index in [9.17, 15) is 0 Å². The molecule has 13 heavy (non-hydrogen) atoms. The Labute approximate surface area is 82.0 Å². The fourth-order valence-electron chi connectivity index (χ4n) is 2.23. The molecule has 1 rings (SSSR count). The number of rotatable bonds is 4. The van der Waals surface area contributed by atoms with Gasteiger partial charge in [0.05, 0.1) is 6.10 Å². The molecule has 1 fully saturated rings. The number of nitrogens with one attached hydrogen (secondary N) is 1. The minimum Gasteiger partial charge on any atom is -0.378 e. The fraction of sp³-hybridized carbons (Fsp3) is 1.00. The molecule has 1 heterocycles. The Balaban J connectivity index is 2.40. The van der Waals surface area contributed by atoms with Crippen molar-refractivity contribution in [3.05, 3.63) is 0 Å². The first-order chi connectivity index (χ1) is 6.31. The maximum Gasteiger partial charge on any atom is 0.0617 e. The zero-order valence-electron chi connectivity index (χ0n) is 9.18. The Bertz CT molecular complexity index is 134. The molecular formula is C11H23NO. The minimum absolute atomic E-state index is 0.501. The number of hydrogen-bond acceptors (Lipinski definition) is 2. The van der Waals surface area contributed by atoms with Crippen LogP contribution in [0.1, 0.15) is 39.5 Å². The van der Waals surface area contributed by atoms with E-state index in [1.807, 2.05) is 0 Å². The minimum atomic E-state index is 0.501. The molecule has 0 aromatic carbocycles. The van der Waals surface area contributed by atoms with E-state index in [0.29, 0.717) is 12.1 Å². The van der Waals surface area contributed by atoms with Crippen LogP contribution in [0, 0.1) is 5.92 Å². The van der Waals surface area contributed by atoms with Crippen LogP contribution in [-0.4, -0.2) is 25.8 Å². The fourth-order valence-corrected chi connectivity index (χ4v) is 2.23. The molecule has 1 saturated heterocycles. The molecule has 2 unspecified atom stereocenters. The van der Waals surface area contributed by atoms with Gasteiger partial charge in [-0.2, -0.15) is 0 Å². The molecule has 0 aliphatic carbocycles. The lowest BCUT2D eigenvalue weighted by atomic mass is 9.89. The molecule has 78 valence electrons. The summed E-state index contributed by atoms with van der Waals surface area (Å²) in [5.41, 5.74) is 0. The van der Waals surface area contributed by atoms with Crippen LogP contribution >= 0.6 is 0 Å². The smallest absolute Gasteiger partial charge is 0.0617 e. The zero-order chi connectivity index (χ0) is 9.68. The number of ether oxygens (including phenoxy) is 1. The predicted molar refractivity (Wildman–Crippen MR) is 55.9 cm³/mol. The van der Waals surface area contributed by atoms with Crippen LogP contribution in [0.3, 0.4) is 0 Å². The van der Waals surface area contributed by atoms with E-state index in [4.69, 9.17) is 4.74 Å². The van der Waals surface area contributed by atoms with Crippen LogP contribution in [0.2, 0.25) is 0 Å². The average Bonchev–Trinajstić information content (AvgIpc) is 2.20. The molecule has 0 saturated carbocycles. The maximum atomic E-state index is 5.81. The van der Waals surface area contributed by atoms with Gasteiger partial charge in [0.1, 0.15) is 0 Å². The highest BCUT2D eigenvalue weighted by Gasteiger charge is 2.26.